The van der Waals surface area contributed by atoms with E-state index in [-0.39, 0.29) is 5.56 Å². The lowest BCUT2D eigenvalue weighted by Gasteiger charge is -2.38. The van der Waals surface area contributed by atoms with Crippen molar-refractivity contribution < 1.29 is 14.7 Å². The van der Waals surface area contributed by atoms with E-state index in [0.717, 1.165) is 6.42 Å². The van der Waals surface area contributed by atoms with Crippen molar-refractivity contribution in [2.45, 2.75) is 24.8 Å². The van der Waals surface area contributed by atoms with Crippen molar-refractivity contribution in [2.24, 2.45) is 0 Å². The molecule has 0 bridgehead atoms. The summed E-state index contributed by atoms with van der Waals surface area (Å²) in [6.45, 7) is 0. The Labute approximate surface area is 119 Å². The second-order valence-electron chi connectivity index (χ2n) is 5.29. The minimum Gasteiger partial charge on any atom is -0.480 e. The Kier molecular flexibility index (Phi) is 3.01. The van der Waals surface area contributed by atoms with Gasteiger partial charge in [0, 0.05) is 17.0 Å². The van der Waals surface area contributed by atoms with Crippen LogP contribution in [0.5, 0.6) is 0 Å². The summed E-state index contributed by atoms with van der Waals surface area (Å²) in [5.41, 5.74) is -0.840. The molecule has 108 valence electrons. The van der Waals surface area contributed by atoms with Crippen LogP contribution >= 0.6 is 0 Å². The van der Waals surface area contributed by atoms with E-state index in [2.05, 4.69) is 10.3 Å². The normalized spacial score (nSPS) is 16.2. The highest BCUT2D eigenvalue weighted by Crippen LogP contribution is 2.32. The van der Waals surface area contributed by atoms with Crippen molar-refractivity contribution in [1.29, 1.82) is 0 Å². The fourth-order valence-electron chi connectivity index (χ4n) is 2.60. The number of carbonyl (C=O) groups is 2. The average Bonchev–Trinajstić information content (AvgIpc) is 2.41. The number of pyridine rings is 1. The zero-order valence-electron chi connectivity index (χ0n) is 11.2. The smallest absolute Gasteiger partial charge is 0.329 e. The van der Waals surface area contributed by atoms with Crippen LogP contribution in [0.1, 0.15) is 29.6 Å². The number of para-hydroxylation sites is 1. The van der Waals surface area contributed by atoms with Crippen molar-refractivity contribution in [2.75, 3.05) is 0 Å². The summed E-state index contributed by atoms with van der Waals surface area (Å²) < 4.78 is 0. The molecular formula is C15H14N2O4. The number of hydrogen-bond donors (Lipinski definition) is 3. The quantitative estimate of drug-likeness (QED) is 0.791. The summed E-state index contributed by atoms with van der Waals surface area (Å²) in [7, 11) is 0. The summed E-state index contributed by atoms with van der Waals surface area (Å²) >= 11 is 0. The van der Waals surface area contributed by atoms with E-state index in [9.17, 15) is 19.5 Å². The molecule has 21 heavy (non-hydrogen) atoms. The van der Waals surface area contributed by atoms with Gasteiger partial charge in [0.2, 0.25) is 5.56 Å². The predicted octanol–water partition coefficient (Wildman–Crippen LogP) is 1.27. The zero-order chi connectivity index (χ0) is 15.0. The van der Waals surface area contributed by atoms with Gasteiger partial charge in [0.15, 0.2) is 0 Å². The number of aliphatic carboxylic acids is 1. The van der Waals surface area contributed by atoms with Crippen LogP contribution in [0.15, 0.2) is 35.1 Å². The number of rotatable bonds is 3. The second-order valence-corrected chi connectivity index (χ2v) is 5.29. The van der Waals surface area contributed by atoms with Gasteiger partial charge in [-0.25, -0.2) is 4.79 Å². The minimum atomic E-state index is -1.19. The highest BCUT2D eigenvalue weighted by molar-refractivity contribution is 6.07. The van der Waals surface area contributed by atoms with Crippen LogP contribution in [0.2, 0.25) is 0 Å². The molecule has 1 saturated carbocycles. The molecule has 1 aromatic heterocycles. The molecule has 1 heterocycles. The largest absolute Gasteiger partial charge is 0.480 e. The van der Waals surface area contributed by atoms with E-state index in [4.69, 9.17) is 0 Å². The molecule has 1 aliphatic carbocycles. The molecule has 2 aromatic rings. The third kappa shape index (κ3) is 2.18. The monoisotopic (exact) mass is 286 g/mol. The summed E-state index contributed by atoms with van der Waals surface area (Å²) in [5.74, 6) is -1.56. The summed E-state index contributed by atoms with van der Waals surface area (Å²) in [6, 6.07) is 8.13. The second kappa shape index (κ2) is 4.73. The van der Waals surface area contributed by atoms with Gasteiger partial charge in [-0.3, -0.25) is 9.59 Å². The Hall–Kier alpha value is -2.63. The number of carboxylic acid groups (broad SMARTS) is 1. The maximum atomic E-state index is 12.4. The lowest BCUT2D eigenvalue weighted by atomic mass is 9.76. The molecule has 0 saturated heterocycles. The van der Waals surface area contributed by atoms with Gasteiger partial charge < -0.3 is 15.4 Å². The molecule has 6 heteroatoms. The molecule has 0 spiro atoms. The van der Waals surface area contributed by atoms with E-state index < -0.39 is 23.0 Å². The molecule has 0 atom stereocenters. The van der Waals surface area contributed by atoms with Gasteiger partial charge in [0.25, 0.3) is 5.91 Å². The number of nitrogens with one attached hydrogen (secondary N) is 2. The molecule has 3 N–H and O–H groups in total. The Morgan fingerprint density at radius 3 is 2.57 bits per heavy atom. The lowest BCUT2D eigenvalue weighted by Crippen LogP contribution is -2.59. The highest BCUT2D eigenvalue weighted by atomic mass is 16.4. The molecule has 0 radical (unpaired) electrons. The first-order valence-electron chi connectivity index (χ1n) is 6.70. The van der Waals surface area contributed by atoms with Crippen LogP contribution in [-0.2, 0) is 4.79 Å². The third-order valence-corrected chi connectivity index (χ3v) is 3.96. The Bertz CT molecular complexity index is 790. The van der Waals surface area contributed by atoms with Gasteiger partial charge >= 0.3 is 5.97 Å². The van der Waals surface area contributed by atoms with E-state index in [1.54, 1.807) is 24.3 Å². The molecule has 1 aliphatic rings. The predicted molar refractivity (Wildman–Crippen MR) is 76.3 cm³/mol. The molecule has 3 rings (SSSR count). The first kappa shape index (κ1) is 13.4. The number of H-pyrrole nitrogens is 1. The van der Waals surface area contributed by atoms with E-state index >= 15 is 0 Å². The third-order valence-electron chi connectivity index (χ3n) is 3.96. The van der Waals surface area contributed by atoms with E-state index in [0.29, 0.717) is 23.7 Å². The number of fused-ring (bicyclic) bond motifs is 1. The van der Waals surface area contributed by atoms with Crippen LogP contribution < -0.4 is 10.9 Å². The number of aromatic amines is 1. The lowest BCUT2D eigenvalue weighted by molar-refractivity contribution is -0.148. The fourth-order valence-corrected chi connectivity index (χ4v) is 2.60. The highest BCUT2D eigenvalue weighted by Gasteiger charge is 2.45. The average molecular weight is 286 g/mol. The Balaban J connectivity index is 2.02. The molecule has 1 aromatic carbocycles. The van der Waals surface area contributed by atoms with Crippen molar-refractivity contribution >= 4 is 22.8 Å². The molecule has 1 fully saturated rings. The molecule has 0 unspecified atom stereocenters. The standard InChI is InChI=1S/C15H14N2O4/c18-12-8-10(9-4-1-2-5-11(9)16-12)13(19)17-15(14(20)21)6-3-7-15/h1-2,4-5,8H,3,6-7H2,(H,16,18)(H,17,19)(H,20,21). The van der Waals surface area contributed by atoms with Crippen LogP contribution in [0.4, 0.5) is 0 Å². The van der Waals surface area contributed by atoms with Crippen molar-refractivity contribution in [3.05, 3.63) is 46.2 Å². The van der Waals surface area contributed by atoms with Crippen LogP contribution in [0.3, 0.4) is 0 Å². The van der Waals surface area contributed by atoms with Gasteiger partial charge in [-0.05, 0) is 25.3 Å². The Morgan fingerprint density at radius 2 is 1.95 bits per heavy atom. The van der Waals surface area contributed by atoms with Gasteiger partial charge in [0.05, 0.1) is 5.56 Å². The minimum absolute atomic E-state index is 0.196. The number of amides is 1. The number of carbonyl (C=O) groups excluding carboxylic acids is 1. The van der Waals surface area contributed by atoms with Crippen LogP contribution in [-0.4, -0.2) is 27.5 Å². The molecule has 6 nitrogen and oxygen atoms in total. The number of carboxylic acids is 1. The molecule has 0 aliphatic heterocycles. The topological polar surface area (TPSA) is 99.3 Å². The fraction of sp³-hybridized carbons (Fsp3) is 0.267. The van der Waals surface area contributed by atoms with Crippen LogP contribution in [0, 0.1) is 0 Å². The summed E-state index contributed by atoms with van der Waals surface area (Å²) in [4.78, 5) is 38.0. The molecule has 1 amide bonds. The SMILES string of the molecule is O=C(NC1(C(=O)O)CCC1)c1cc(=O)[nH]c2ccccc12. The summed E-state index contributed by atoms with van der Waals surface area (Å²) in [5, 5.41) is 12.4. The first-order valence-corrected chi connectivity index (χ1v) is 6.70. The zero-order valence-corrected chi connectivity index (χ0v) is 11.2. The number of aromatic nitrogens is 1. The van der Waals surface area contributed by atoms with Gasteiger partial charge in [-0.15, -0.1) is 0 Å². The van der Waals surface area contributed by atoms with Gasteiger partial charge in [-0.1, -0.05) is 18.2 Å². The maximum Gasteiger partial charge on any atom is 0.329 e. The first-order chi connectivity index (χ1) is 10.0. The molecular weight excluding hydrogens is 272 g/mol. The Morgan fingerprint density at radius 1 is 1.24 bits per heavy atom. The van der Waals surface area contributed by atoms with Crippen LogP contribution in [0.25, 0.3) is 10.9 Å². The number of hydrogen-bond acceptors (Lipinski definition) is 3. The number of benzene rings is 1. The van der Waals surface area contributed by atoms with Gasteiger partial charge in [0.1, 0.15) is 5.54 Å². The summed E-state index contributed by atoms with van der Waals surface area (Å²) in [6.07, 6.45) is 1.59. The maximum absolute atomic E-state index is 12.4. The van der Waals surface area contributed by atoms with E-state index in [1.807, 2.05) is 0 Å². The van der Waals surface area contributed by atoms with Crippen molar-refractivity contribution in [3.63, 3.8) is 0 Å². The van der Waals surface area contributed by atoms with Crippen molar-refractivity contribution in [3.8, 4) is 0 Å². The van der Waals surface area contributed by atoms with Crippen molar-refractivity contribution in [1.82, 2.24) is 10.3 Å². The van der Waals surface area contributed by atoms with E-state index in [1.165, 1.54) is 6.07 Å². The van der Waals surface area contributed by atoms with Gasteiger partial charge in [-0.2, -0.15) is 0 Å².